The summed E-state index contributed by atoms with van der Waals surface area (Å²) in [5, 5.41) is 3.91. The van der Waals surface area contributed by atoms with Gasteiger partial charge in [-0.2, -0.15) is 0 Å². The van der Waals surface area contributed by atoms with Gasteiger partial charge in [0.2, 0.25) is 0 Å². The quantitative estimate of drug-likeness (QED) is 0.801. The van der Waals surface area contributed by atoms with Crippen molar-refractivity contribution in [1.82, 2.24) is 5.32 Å². The first kappa shape index (κ1) is 14.8. The molecule has 21 heavy (non-hydrogen) atoms. The highest BCUT2D eigenvalue weighted by molar-refractivity contribution is 9.10. The van der Waals surface area contributed by atoms with Gasteiger partial charge in [0.25, 0.3) is 0 Å². The Hall–Kier alpha value is -1.10. The zero-order valence-corrected chi connectivity index (χ0v) is 13.7. The molecule has 0 aromatic heterocycles. The lowest BCUT2D eigenvalue weighted by Crippen LogP contribution is -2.27. The molecule has 0 spiro atoms. The van der Waals surface area contributed by atoms with E-state index in [1.54, 1.807) is 6.07 Å². The number of nitrogens with one attached hydrogen (secondary N) is 1. The molecule has 2 aromatic carbocycles. The highest BCUT2D eigenvalue weighted by atomic mass is 79.9. The summed E-state index contributed by atoms with van der Waals surface area (Å²) >= 11 is 9.73. The molecule has 0 fully saturated rings. The summed E-state index contributed by atoms with van der Waals surface area (Å²) in [5.74, 6) is 0.270. The van der Waals surface area contributed by atoms with Crippen molar-refractivity contribution in [2.45, 2.75) is 18.6 Å². The normalized spacial score (nSPS) is 20.8. The van der Waals surface area contributed by atoms with Crippen LogP contribution in [0.25, 0.3) is 0 Å². The van der Waals surface area contributed by atoms with E-state index >= 15 is 0 Å². The van der Waals surface area contributed by atoms with E-state index in [1.165, 1.54) is 12.1 Å². The van der Waals surface area contributed by atoms with E-state index in [0.717, 1.165) is 22.0 Å². The van der Waals surface area contributed by atoms with E-state index in [-0.39, 0.29) is 18.0 Å². The molecule has 0 bridgehead atoms. The van der Waals surface area contributed by atoms with Gasteiger partial charge in [-0.15, -0.1) is 0 Å². The molecule has 0 radical (unpaired) electrons. The van der Waals surface area contributed by atoms with Gasteiger partial charge >= 0.3 is 0 Å². The maximum absolute atomic E-state index is 13.5. The third-order valence-electron chi connectivity index (χ3n) is 3.72. The van der Waals surface area contributed by atoms with Crippen LogP contribution in [-0.2, 0) is 0 Å². The highest BCUT2D eigenvalue weighted by Crippen LogP contribution is 2.43. The Labute approximate surface area is 136 Å². The molecular formula is C16H14BrClFNO. The molecule has 2 atom stereocenters. The van der Waals surface area contributed by atoms with Crippen LogP contribution in [0.1, 0.15) is 29.7 Å². The van der Waals surface area contributed by atoms with E-state index in [1.807, 2.05) is 25.2 Å². The Morgan fingerprint density at radius 1 is 1.24 bits per heavy atom. The van der Waals surface area contributed by atoms with Crippen molar-refractivity contribution < 1.29 is 9.13 Å². The molecule has 2 aromatic rings. The fourth-order valence-corrected chi connectivity index (χ4v) is 3.28. The summed E-state index contributed by atoms with van der Waals surface area (Å²) in [6.45, 7) is 0. The summed E-state index contributed by atoms with van der Waals surface area (Å²) < 4.78 is 20.4. The number of ether oxygens (including phenoxy) is 1. The average molecular weight is 371 g/mol. The molecule has 2 unspecified atom stereocenters. The maximum Gasteiger partial charge on any atom is 0.127 e. The van der Waals surface area contributed by atoms with E-state index in [4.69, 9.17) is 16.3 Å². The van der Waals surface area contributed by atoms with Gasteiger partial charge in [-0.3, -0.25) is 0 Å². The Morgan fingerprint density at radius 3 is 2.81 bits per heavy atom. The van der Waals surface area contributed by atoms with Gasteiger partial charge in [0.1, 0.15) is 17.7 Å². The zero-order chi connectivity index (χ0) is 15.0. The van der Waals surface area contributed by atoms with Crippen molar-refractivity contribution >= 4 is 27.5 Å². The number of hydrogen-bond acceptors (Lipinski definition) is 2. The molecule has 2 nitrogen and oxygen atoms in total. The lowest BCUT2D eigenvalue weighted by atomic mass is 9.93. The standard InChI is InChI=1S/C16H14BrClFNO/c1-20-14-8-16(12-6-9(17)2-5-13(12)18)21-15-7-10(19)3-4-11(14)15/h2-7,14,16,20H,8H2,1H3. The molecule has 0 saturated carbocycles. The molecule has 1 aliphatic rings. The van der Waals surface area contributed by atoms with Gasteiger partial charge in [0.05, 0.1) is 0 Å². The van der Waals surface area contributed by atoms with Crippen LogP contribution in [0.4, 0.5) is 4.39 Å². The molecule has 3 rings (SSSR count). The van der Waals surface area contributed by atoms with E-state index < -0.39 is 0 Å². The molecule has 1 aliphatic heterocycles. The van der Waals surface area contributed by atoms with Crippen LogP contribution in [0.5, 0.6) is 5.75 Å². The predicted octanol–water partition coefficient (Wildman–Crippen LogP) is 5.03. The van der Waals surface area contributed by atoms with Crippen LogP contribution in [0.3, 0.4) is 0 Å². The van der Waals surface area contributed by atoms with E-state index in [2.05, 4.69) is 21.2 Å². The van der Waals surface area contributed by atoms with Gasteiger partial charge in [-0.05, 0) is 31.3 Å². The van der Waals surface area contributed by atoms with Crippen molar-refractivity contribution in [3.63, 3.8) is 0 Å². The van der Waals surface area contributed by atoms with Crippen LogP contribution in [0.2, 0.25) is 5.02 Å². The molecule has 5 heteroatoms. The van der Waals surface area contributed by atoms with Gasteiger partial charge in [0, 0.05) is 39.2 Å². The van der Waals surface area contributed by atoms with E-state index in [0.29, 0.717) is 10.8 Å². The van der Waals surface area contributed by atoms with Crippen molar-refractivity contribution in [2.75, 3.05) is 7.05 Å². The van der Waals surface area contributed by atoms with Crippen LogP contribution in [0, 0.1) is 5.82 Å². The van der Waals surface area contributed by atoms with Crippen molar-refractivity contribution in [1.29, 1.82) is 0 Å². The SMILES string of the molecule is CNC1CC(c2cc(Br)ccc2Cl)Oc2cc(F)ccc21. The van der Waals surface area contributed by atoms with Crippen molar-refractivity contribution in [2.24, 2.45) is 0 Å². The molecule has 1 N–H and O–H groups in total. The number of rotatable bonds is 2. The lowest BCUT2D eigenvalue weighted by molar-refractivity contribution is 0.153. The Balaban J connectivity index is 2.01. The second-order valence-electron chi connectivity index (χ2n) is 5.03. The lowest BCUT2D eigenvalue weighted by Gasteiger charge is -2.32. The van der Waals surface area contributed by atoms with Gasteiger partial charge in [-0.1, -0.05) is 33.6 Å². The average Bonchev–Trinajstić information content (AvgIpc) is 2.48. The molecule has 0 aliphatic carbocycles. The monoisotopic (exact) mass is 369 g/mol. The first-order valence-electron chi connectivity index (χ1n) is 6.67. The minimum absolute atomic E-state index is 0.106. The van der Waals surface area contributed by atoms with Crippen molar-refractivity contribution in [3.05, 3.63) is 62.8 Å². The molecule has 0 amide bonds. The maximum atomic E-state index is 13.5. The molecule has 0 saturated heterocycles. The van der Waals surface area contributed by atoms with Gasteiger partial charge < -0.3 is 10.1 Å². The second-order valence-corrected chi connectivity index (χ2v) is 6.35. The fraction of sp³-hybridized carbons (Fsp3) is 0.250. The fourth-order valence-electron chi connectivity index (χ4n) is 2.67. The molecular weight excluding hydrogens is 357 g/mol. The van der Waals surface area contributed by atoms with Crippen LogP contribution < -0.4 is 10.1 Å². The van der Waals surface area contributed by atoms with Crippen LogP contribution >= 0.6 is 27.5 Å². The first-order valence-corrected chi connectivity index (χ1v) is 7.84. The summed E-state index contributed by atoms with van der Waals surface area (Å²) in [6.07, 6.45) is 0.535. The number of halogens is 3. The number of benzene rings is 2. The summed E-state index contributed by atoms with van der Waals surface area (Å²) in [7, 11) is 1.89. The minimum Gasteiger partial charge on any atom is -0.485 e. The molecule has 110 valence electrons. The van der Waals surface area contributed by atoms with Crippen molar-refractivity contribution in [3.8, 4) is 5.75 Å². The van der Waals surface area contributed by atoms with Crippen LogP contribution in [0.15, 0.2) is 40.9 Å². The summed E-state index contributed by atoms with van der Waals surface area (Å²) in [5.41, 5.74) is 1.88. The van der Waals surface area contributed by atoms with Crippen LogP contribution in [-0.4, -0.2) is 7.05 Å². The largest absolute Gasteiger partial charge is 0.485 e. The summed E-state index contributed by atoms with van der Waals surface area (Å²) in [4.78, 5) is 0. The van der Waals surface area contributed by atoms with Gasteiger partial charge in [0.15, 0.2) is 0 Å². The summed E-state index contributed by atoms with van der Waals surface area (Å²) in [6, 6.07) is 10.4. The third kappa shape index (κ3) is 2.93. The van der Waals surface area contributed by atoms with E-state index in [9.17, 15) is 4.39 Å². The third-order valence-corrected chi connectivity index (χ3v) is 4.56. The first-order chi connectivity index (χ1) is 10.1. The second kappa shape index (κ2) is 5.95. The number of hydrogen-bond donors (Lipinski definition) is 1. The Bertz CT molecular complexity index is 679. The minimum atomic E-state index is -0.301. The predicted molar refractivity (Wildman–Crippen MR) is 85.3 cm³/mol. The Morgan fingerprint density at radius 2 is 2.05 bits per heavy atom. The van der Waals surface area contributed by atoms with Gasteiger partial charge in [-0.25, -0.2) is 4.39 Å². The number of fused-ring (bicyclic) bond motifs is 1. The topological polar surface area (TPSA) is 21.3 Å². The Kier molecular flexibility index (Phi) is 4.20. The smallest absolute Gasteiger partial charge is 0.127 e. The zero-order valence-electron chi connectivity index (χ0n) is 11.4. The highest BCUT2D eigenvalue weighted by Gasteiger charge is 2.30. The molecule has 1 heterocycles.